The van der Waals surface area contributed by atoms with Gasteiger partial charge in [0.1, 0.15) is 11.3 Å². The van der Waals surface area contributed by atoms with E-state index in [2.05, 4.69) is 32.7 Å². The van der Waals surface area contributed by atoms with Crippen LogP contribution in [0.2, 0.25) is 0 Å². The van der Waals surface area contributed by atoms with Crippen molar-refractivity contribution in [2.24, 2.45) is 46.2 Å². The Morgan fingerprint density at radius 1 is 0.979 bits per heavy atom. The van der Waals surface area contributed by atoms with E-state index < -0.39 is 34.8 Å². The van der Waals surface area contributed by atoms with Crippen molar-refractivity contribution in [1.29, 1.82) is 0 Å². The summed E-state index contributed by atoms with van der Waals surface area (Å²) in [4.78, 5) is 32.7. The van der Waals surface area contributed by atoms with E-state index in [-0.39, 0.29) is 30.7 Å². The van der Waals surface area contributed by atoms with Crippen molar-refractivity contribution in [2.45, 2.75) is 123 Å². The molecule has 4 aliphatic rings. The van der Waals surface area contributed by atoms with Gasteiger partial charge in [-0.15, -0.1) is 6.58 Å². The summed E-state index contributed by atoms with van der Waals surface area (Å²) in [5.41, 5.74) is 6.36. The number of hydrogen-bond acceptors (Lipinski definition) is 7. The fourth-order valence-corrected chi connectivity index (χ4v) is 10.1. The standard InChI is InChI=1S/C26H44O2.C11H12N2O6/c1-17(2)6-5-7-24(28)23-11-10-21-20-9-8-18-16-19(27)12-14-25(18,3)22(20)13-15-26(21,23)4;12-11(19)9-6(14)2-1-5(10(9)18)13-7(15)3-4-8(16)17/h18-24,27-28H,1,5-16H2,2-4H3;1-2,14,18H,3-4H2,(H2,12,19)(H,13,15)(H,16,17). The lowest BCUT2D eigenvalue weighted by atomic mass is 9.44. The smallest absolute Gasteiger partial charge is 0.303 e. The summed E-state index contributed by atoms with van der Waals surface area (Å²) in [5, 5.41) is 50.9. The summed E-state index contributed by atoms with van der Waals surface area (Å²) in [7, 11) is 0. The Bertz CT molecular complexity index is 1330. The van der Waals surface area contributed by atoms with Gasteiger partial charge in [0.05, 0.1) is 24.3 Å². The van der Waals surface area contributed by atoms with Gasteiger partial charge in [-0.1, -0.05) is 19.4 Å². The lowest BCUT2D eigenvalue weighted by Crippen LogP contribution is -2.54. The van der Waals surface area contributed by atoms with Gasteiger partial charge in [-0.25, -0.2) is 0 Å². The first-order valence-electron chi connectivity index (χ1n) is 17.4. The molecule has 0 spiro atoms. The number of nitrogens with two attached hydrogens (primary N) is 1. The van der Waals surface area contributed by atoms with Gasteiger partial charge >= 0.3 is 5.97 Å². The number of amides is 2. The molecule has 0 saturated heterocycles. The number of aliphatic hydroxyl groups is 2. The second-order valence-corrected chi connectivity index (χ2v) is 15.4. The van der Waals surface area contributed by atoms with E-state index in [0.717, 1.165) is 67.9 Å². The highest BCUT2D eigenvalue weighted by molar-refractivity contribution is 6.02. The van der Waals surface area contributed by atoms with Crippen LogP contribution in [0, 0.1) is 40.4 Å². The molecule has 0 bridgehead atoms. The molecule has 4 fully saturated rings. The first-order chi connectivity index (χ1) is 22.1. The van der Waals surface area contributed by atoms with Crippen LogP contribution in [0.5, 0.6) is 11.5 Å². The van der Waals surface area contributed by atoms with Crippen molar-refractivity contribution < 1.29 is 39.9 Å². The molecule has 1 aromatic rings. The quantitative estimate of drug-likeness (QED) is 0.0891. The number of fused-ring (bicyclic) bond motifs is 5. The molecule has 10 nitrogen and oxygen atoms in total. The number of benzene rings is 1. The summed E-state index contributed by atoms with van der Waals surface area (Å²) in [6, 6.07) is 2.24. The zero-order valence-corrected chi connectivity index (χ0v) is 28.3. The van der Waals surface area contributed by atoms with E-state index in [0.29, 0.717) is 16.7 Å². The fourth-order valence-electron chi connectivity index (χ4n) is 10.1. The summed E-state index contributed by atoms with van der Waals surface area (Å²) >= 11 is 0. The Hall–Kier alpha value is -3.11. The lowest BCUT2D eigenvalue weighted by molar-refractivity contribution is -0.138. The maximum absolute atomic E-state index is 11.4. The molecule has 4 saturated carbocycles. The molecule has 0 radical (unpaired) electrons. The molecule has 0 aromatic heterocycles. The molecule has 10 heteroatoms. The molecule has 2 amide bonds. The summed E-state index contributed by atoms with van der Waals surface area (Å²) in [6.45, 7) is 11.2. The number of aliphatic hydroxyl groups excluding tert-OH is 2. The molecule has 8 N–H and O–H groups in total. The van der Waals surface area contributed by atoms with E-state index in [1.165, 1.54) is 50.5 Å². The Balaban J connectivity index is 0.000000231. The fraction of sp³-hybridized carbons (Fsp3) is 0.703. The SMILES string of the molecule is C=C(C)CCCC(O)C1CCC2C3CCC4CC(O)CCC4(C)C3CCC12C.NC(=O)c1c(O)ccc(NC(=O)CCC(=O)O)c1O. The van der Waals surface area contributed by atoms with Crippen LogP contribution in [0.3, 0.4) is 0 Å². The van der Waals surface area contributed by atoms with Crippen molar-refractivity contribution in [2.75, 3.05) is 5.32 Å². The third-order valence-electron chi connectivity index (χ3n) is 12.5. The molecule has 262 valence electrons. The average Bonchev–Trinajstić information content (AvgIpc) is 3.35. The van der Waals surface area contributed by atoms with Crippen molar-refractivity contribution in [1.82, 2.24) is 0 Å². The normalized spacial score (nSPS) is 33.2. The summed E-state index contributed by atoms with van der Waals surface area (Å²) in [5.74, 6) is -0.257. The zero-order valence-electron chi connectivity index (χ0n) is 28.3. The number of rotatable bonds is 10. The number of anilines is 1. The van der Waals surface area contributed by atoms with Gasteiger partial charge in [-0.2, -0.15) is 0 Å². The molecule has 1 aromatic carbocycles. The zero-order chi connectivity index (χ0) is 34.7. The topological polar surface area (TPSA) is 190 Å². The number of hydrogen-bond donors (Lipinski definition) is 7. The molecule has 0 aliphatic heterocycles. The van der Waals surface area contributed by atoms with Gasteiger partial charge < -0.3 is 36.6 Å². The van der Waals surface area contributed by atoms with Crippen LogP contribution in [0.4, 0.5) is 5.69 Å². The molecular weight excluding hydrogens is 600 g/mol. The van der Waals surface area contributed by atoms with Crippen LogP contribution in [-0.4, -0.2) is 55.5 Å². The average molecular weight is 657 g/mol. The maximum Gasteiger partial charge on any atom is 0.303 e. The number of carboxylic acids is 1. The van der Waals surface area contributed by atoms with Crippen LogP contribution in [-0.2, 0) is 9.59 Å². The third-order valence-corrected chi connectivity index (χ3v) is 12.5. The van der Waals surface area contributed by atoms with Crippen LogP contribution < -0.4 is 11.1 Å². The predicted molar refractivity (Wildman–Crippen MR) is 180 cm³/mol. The van der Waals surface area contributed by atoms with Gasteiger partial charge in [-0.05, 0) is 137 Å². The molecule has 0 heterocycles. The number of allylic oxidation sites excluding steroid dienone is 1. The van der Waals surface area contributed by atoms with Crippen molar-refractivity contribution in [3.05, 3.63) is 29.8 Å². The number of primary amides is 1. The van der Waals surface area contributed by atoms with Gasteiger partial charge in [0, 0.05) is 6.42 Å². The van der Waals surface area contributed by atoms with E-state index in [1.807, 2.05) is 0 Å². The Kier molecular flexibility index (Phi) is 11.7. The number of aliphatic carboxylic acids is 1. The van der Waals surface area contributed by atoms with E-state index in [9.17, 15) is 34.8 Å². The molecule has 5 rings (SSSR count). The molecule has 9 unspecified atom stereocenters. The number of carboxylic acid groups (broad SMARTS) is 1. The summed E-state index contributed by atoms with van der Waals surface area (Å²) in [6.07, 6.45) is 13.5. The van der Waals surface area contributed by atoms with Crippen LogP contribution >= 0.6 is 0 Å². The largest absolute Gasteiger partial charge is 0.507 e. The highest BCUT2D eigenvalue weighted by atomic mass is 16.4. The van der Waals surface area contributed by atoms with Crippen LogP contribution in [0.25, 0.3) is 0 Å². The van der Waals surface area contributed by atoms with Crippen molar-refractivity contribution >= 4 is 23.5 Å². The van der Waals surface area contributed by atoms with Gasteiger partial charge in [0.15, 0.2) is 5.75 Å². The number of carbonyl (C=O) groups is 3. The minimum Gasteiger partial charge on any atom is -0.507 e. The Labute approximate surface area is 278 Å². The predicted octanol–water partition coefficient (Wildman–Crippen LogP) is 6.11. The first kappa shape index (κ1) is 36.7. The maximum atomic E-state index is 11.4. The highest BCUT2D eigenvalue weighted by Crippen LogP contribution is 2.68. The number of carbonyl (C=O) groups excluding carboxylic acids is 2. The monoisotopic (exact) mass is 656 g/mol. The molecule has 47 heavy (non-hydrogen) atoms. The number of aromatic hydroxyl groups is 2. The molecule has 4 aliphatic carbocycles. The number of nitrogens with one attached hydrogen (secondary N) is 1. The Morgan fingerprint density at radius 2 is 1.66 bits per heavy atom. The van der Waals surface area contributed by atoms with E-state index in [1.54, 1.807) is 0 Å². The third kappa shape index (κ3) is 7.96. The van der Waals surface area contributed by atoms with Crippen LogP contribution in [0.15, 0.2) is 24.3 Å². The minimum absolute atomic E-state index is 0.0475. The van der Waals surface area contributed by atoms with Crippen molar-refractivity contribution in [3.8, 4) is 11.5 Å². The van der Waals surface area contributed by atoms with E-state index >= 15 is 0 Å². The second kappa shape index (κ2) is 15.0. The first-order valence-corrected chi connectivity index (χ1v) is 17.4. The highest BCUT2D eigenvalue weighted by Gasteiger charge is 2.60. The van der Waals surface area contributed by atoms with Gasteiger partial charge in [0.25, 0.3) is 5.91 Å². The van der Waals surface area contributed by atoms with E-state index in [4.69, 9.17) is 10.8 Å². The van der Waals surface area contributed by atoms with Gasteiger partial charge in [0.2, 0.25) is 5.91 Å². The minimum atomic E-state index is -1.14. The van der Waals surface area contributed by atoms with Gasteiger partial charge in [-0.3, -0.25) is 14.4 Å². The summed E-state index contributed by atoms with van der Waals surface area (Å²) < 4.78 is 0. The van der Waals surface area contributed by atoms with Crippen molar-refractivity contribution in [3.63, 3.8) is 0 Å². The Morgan fingerprint density at radius 3 is 2.32 bits per heavy atom. The second-order valence-electron chi connectivity index (χ2n) is 15.4. The number of phenols is 2. The molecule has 9 atom stereocenters. The molecular formula is C37H56N2O8. The van der Waals surface area contributed by atoms with Crippen LogP contribution in [0.1, 0.15) is 121 Å². The lowest BCUT2D eigenvalue weighted by Gasteiger charge is -2.61.